The van der Waals surface area contributed by atoms with E-state index in [9.17, 15) is 9.59 Å². The van der Waals surface area contributed by atoms with Gasteiger partial charge in [0.2, 0.25) is 0 Å². The second-order valence-electron chi connectivity index (χ2n) is 5.49. The molecule has 2 rings (SSSR count). The highest BCUT2D eigenvalue weighted by molar-refractivity contribution is 5.95. The number of hydrogen-bond acceptors (Lipinski definition) is 3. The van der Waals surface area contributed by atoms with Crippen LogP contribution in [0, 0.1) is 0 Å². The van der Waals surface area contributed by atoms with Crippen LogP contribution in [-0.2, 0) is 0 Å². The fraction of sp³-hybridized carbons (Fsp3) is 0.467. The largest absolute Gasteiger partial charge is 0.351 e. The quantitative estimate of drug-likeness (QED) is 0.882. The summed E-state index contributed by atoms with van der Waals surface area (Å²) in [5, 5.41) is 2.48. The first-order valence-electron chi connectivity index (χ1n) is 7.17. The lowest BCUT2D eigenvalue weighted by molar-refractivity contribution is 0.0595. The molecule has 0 atom stereocenters. The molecule has 3 amide bonds. The van der Waals surface area contributed by atoms with E-state index in [0.29, 0.717) is 17.3 Å². The predicted molar refractivity (Wildman–Crippen MR) is 82.3 cm³/mol. The Balaban J connectivity index is 1.96. The first-order chi connectivity index (χ1) is 9.97. The van der Waals surface area contributed by atoms with Crippen LogP contribution >= 0.6 is 0 Å². The smallest absolute Gasteiger partial charge is 0.316 e. The Morgan fingerprint density at radius 1 is 1.10 bits per heavy atom. The van der Waals surface area contributed by atoms with Gasteiger partial charge >= 0.3 is 6.03 Å². The molecule has 1 saturated heterocycles. The molecule has 1 aliphatic heterocycles. The van der Waals surface area contributed by atoms with Gasteiger partial charge in [-0.3, -0.25) is 9.69 Å². The third-order valence-corrected chi connectivity index (χ3v) is 3.73. The van der Waals surface area contributed by atoms with Crippen molar-refractivity contribution in [2.75, 3.05) is 31.5 Å². The maximum Gasteiger partial charge on any atom is 0.316 e. The van der Waals surface area contributed by atoms with Crippen molar-refractivity contribution in [3.8, 4) is 0 Å². The zero-order chi connectivity index (χ0) is 15.4. The SMILES string of the molecule is CC(C)N1CCN(C(=O)c2ccc(NC(N)=O)cc2)CC1. The van der Waals surface area contributed by atoms with Crippen LogP contribution in [0.15, 0.2) is 24.3 Å². The Hall–Kier alpha value is -2.08. The normalized spacial score (nSPS) is 16.0. The van der Waals surface area contributed by atoms with Gasteiger partial charge in [0.25, 0.3) is 5.91 Å². The van der Waals surface area contributed by atoms with Crippen LogP contribution in [0.25, 0.3) is 0 Å². The van der Waals surface area contributed by atoms with Gasteiger partial charge < -0.3 is 16.0 Å². The van der Waals surface area contributed by atoms with E-state index in [0.717, 1.165) is 26.2 Å². The van der Waals surface area contributed by atoms with Crippen LogP contribution < -0.4 is 11.1 Å². The number of benzene rings is 1. The molecule has 0 spiro atoms. The van der Waals surface area contributed by atoms with E-state index in [1.807, 2.05) is 4.90 Å². The topological polar surface area (TPSA) is 78.7 Å². The molecule has 1 heterocycles. The number of nitrogens with one attached hydrogen (secondary N) is 1. The molecule has 1 aliphatic rings. The Labute approximate surface area is 124 Å². The van der Waals surface area contributed by atoms with Gasteiger partial charge in [0.05, 0.1) is 0 Å². The molecule has 6 nitrogen and oxygen atoms in total. The van der Waals surface area contributed by atoms with Crippen LogP contribution in [0.5, 0.6) is 0 Å². The van der Waals surface area contributed by atoms with Gasteiger partial charge in [0.15, 0.2) is 0 Å². The van der Waals surface area contributed by atoms with Crippen molar-refractivity contribution in [1.29, 1.82) is 0 Å². The predicted octanol–water partition coefficient (Wildman–Crippen LogP) is 1.34. The van der Waals surface area contributed by atoms with E-state index in [1.54, 1.807) is 24.3 Å². The second kappa shape index (κ2) is 6.58. The van der Waals surface area contributed by atoms with Crippen LogP contribution in [0.1, 0.15) is 24.2 Å². The fourth-order valence-corrected chi connectivity index (χ4v) is 2.46. The first kappa shape index (κ1) is 15.3. The fourth-order valence-electron chi connectivity index (χ4n) is 2.46. The Bertz CT molecular complexity index is 505. The number of hydrogen-bond donors (Lipinski definition) is 2. The minimum Gasteiger partial charge on any atom is -0.351 e. The van der Waals surface area contributed by atoms with Gasteiger partial charge in [-0.1, -0.05) is 0 Å². The summed E-state index contributed by atoms with van der Waals surface area (Å²) in [5.74, 6) is 0.0315. The Kier molecular flexibility index (Phi) is 4.80. The van der Waals surface area contributed by atoms with Gasteiger partial charge in [-0.05, 0) is 38.1 Å². The van der Waals surface area contributed by atoms with Crippen molar-refractivity contribution < 1.29 is 9.59 Å². The molecule has 0 aliphatic carbocycles. The zero-order valence-electron chi connectivity index (χ0n) is 12.5. The molecule has 0 saturated carbocycles. The van der Waals surface area contributed by atoms with E-state index >= 15 is 0 Å². The third-order valence-electron chi connectivity index (χ3n) is 3.73. The average molecular weight is 290 g/mol. The minimum absolute atomic E-state index is 0.0315. The number of piperazine rings is 1. The number of amides is 3. The molecule has 1 aromatic carbocycles. The Morgan fingerprint density at radius 2 is 1.67 bits per heavy atom. The standard InChI is InChI=1S/C15H22N4O2/c1-11(2)18-7-9-19(10-8-18)14(20)12-3-5-13(6-4-12)17-15(16)21/h3-6,11H,7-10H2,1-2H3,(H3,16,17,21). The van der Waals surface area contributed by atoms with E-state index in [2.05, 4.69) is 24.1 Å². The molecule has 114 valence electrons. The summed E-state index contributed by atoms with van der Waals surface area (Å²) in [4.78, 5) is 27.4. The molecule has 1 aromatic rings. The molecule has 1 fully saturated rings. The first-order valence-corrected chi connectivity index (χ1v) is 7.17. The molecule has 0 radical (unpaired) electrons. The number of rotatable bonds is 3. The van der Waals surface area contributed by atoms with E-state index in [4.69, 9.17) is 5.73 Å². The van der Waals surface area contributed by atoms with Gasteiger partial charge in [0.1, 0.15) is 0 Å². The highest BCUT2D eigenvalue weighted by Gasteiger charge is 2.23. The summed E-state index contributed by atoms with van der Waals surface area (Å²) in [6.45, 7) is 7.65. The molecule has 21 heavy (non-hydrogen) atoms. The van der Waals surface area contributed by atoms with E-state index in [-0.39, 0.29) is 5.91 Å². The third kappa shape index (κ3) is 3.95. The maximum atomic E-state index is 12.4. The summed E-state index contributed by atoms with van der Waals surface area (Å²) in [5.41, 5.74) is 6.26. The molecule has 3 N–H and O–H groups in total. The highest BCUT2D eigenvalue weighted by atomic mass is 16.2. The number of anilines is 1. The number of urea groups is 1. The van der Waals surface area contributed by atoms with Gasteiger partial charge in [-0.2, -0.15) is 0 Å². The molecular weight excluding hydrogens is 268 g/mol. The lowest BCUT2D eigenvalue weighted by Crippen LogP contribution is -2.50. The van der Waals surface area contributed by atoms with E-state index in [1.165, 1.54) is 0 Å². The second-order valence-corrected chi connectivity index (χ2v) is 5.49. The summed E-state index contributed by atoms with van der Waals surface area (Å²) >= 11 is 0. The van der Waals surface area contributed by atoms with E-state index < -0.39 is 6.03 Å². The maximum absolute atomic E-state index is 12.4. The minimum atomic E-state index is -0.612. The van der Waals surface area contributed by atoms with Crippen LogP contribution in [0.4, 0.5) is 10.5 Å². The van der Waals surface area contributed by atoms with Gasteiger partial charge in [-0.25, -0.2) is 4.79 Å². The summed E-state index contributed by atoms with van der Waals surface area (Å²) in [7, 11) is 0. The molecule has 0 bridgehead atoms. The number of carbonyl (C=O) groups is 2. The highest BCUT2D eigenvalue weighted by Crippen LogP contribution is 2.13. The van der Waals surface area contributed by atoms with Crippen LogP contribution in [0.2, 0.25) is 0 Å². The monoisotopic (exact) mass is 290 g/mol. The van der Waals surface area contributed by atoms with Crippen molar-refractivity contribution >= 4 is 17.6 Å². The molecular formula is C15H22N4O2. The number of nitrogens with two attached hydrogens (primary N) is 1. The Morgan fingerprint density at radius 3 is 2.14 bits per heavy atom. The molecule has 0 aromatic heterocycles. The summed E-state index contributed by atoms with van der Waals surface area (Å²) in [6, 6.07) is 6.69. The molecule has 0 unspecified atom stereocenters. The van der Waals surface area contributed by atoms with Crippen molar-refractivity contribution in [2.45, 2.75) is 19.9 Å². The number of nitrogens with zero attached hydrogens (tertiary/aromatic N) is 2. The van der Waals surface area contributed by atoms with Crippen molar-refractivity contribution in [2.24, 2.45) is 5.73 Å². The van der Waals surface area contributed by atoms with Crippen molar-refractivity contribution in [3.05, 3.63) is 29.8 Å². The van der Waals surface area contributed by atoms with Gasteiger partial charge in [0, 0.05) is 43.5 Å². The zero-order valence-corrected chi connectivity index (χ0v) is 12.5. The summed E-state index contributed by atoms with van der Waals surface area (Å²) in [6.07, 6.45) is 0. The lowest BCUT2D eigenvalue weighted by Gasteiger charge is -2.37. The van der Waals surface area contributed by atoms with Gasteiger partial charge in [-0.15, -0.1) is 0 Å². The van der Waals surface area contributed by atoms with Crippen molar-refractivity contribution in [3.63, 3.8) is 0 Å². The van der Waals surface area contributed by atoms with Crippen molar-refractivity contribution in [1.82, 2.24) is 9.80 Å². The lowest BCUT2D eigenvalue weighted by atomic mass is 10.1. The number of primary amides is 1. The van der Waals surface area contributed by atoms with Crippen LogP contribution in [-0.4, -0.2) is 54.0 Å². The average Bonchev–Trinajstić information content (AvgIpc) is 2.47. The van der Waals surface area contributed by atoms with Crippen LogP contribution in [0.3, 0.4) is 0 Å². The summed E-state index contributed by atoms with van der Waals surface area (Å²) < 4.78 is 0. The number of carbonyl (C=O) groups excluding carboxylic acids is 2. The molecule has 6 heteroatoms.